The summed E-state index contributed by atoms with van der Waals surface area (Å²) < 4.78 is 0. The van der Waals surface area contributed by atoms with Gasteiger partial charge in [-0.1, -0.05) is 53.0 Å². The van der Waals surface area contributed by atoms with E-state index in [1.807, 2.05) is 30.3 Å². The Kier molecular flexibility index (Phi) is 4.70. The molecular formula is C20H18Cl3NO. The van der Waals surface area contributed by atoms with Crippen LogP contribution in [-0.2, 0) is 4.79 Å². The number of hydrogen-bond donors (Lipinski definition) is 1. The fourth-order valence-corrected chi connectivity index (χ4v) is 5.24. The zero-order valence-electron chi connectivity index (χ0n) is 13.5. The third-order valence-electron chi connectivity index (χ3n) is 5.67. The smallest absolute Gasteiger partial charge is 0.223 e. The van der Waals surface area contributed by atoms with Crippen molar-refractivity contribution in [3.05, 3.63) is 68.7 Å². The predicted molar refractivity (Wildman–Crippen MR) is 103 cm³/mol. The van der Waals surface area contributed by atoms with Gasteiger partial charge < -0.3 is 5.32 Å². The number of halogens is 3. The van der Waals surface area contributed by atoms with Crippen LogP contribution in [0.1, 0.15) is 35.8 Å². The summed E-state index contributed by atoms with van der Waals surface area (Å²) in [5.41, 5.74) is 2.33. The summed E-state index contributed by atoms with van der Waals surface area (Å²) >= 11 is 18.7. The summed E-state index contributed by atoms with van der Waals surface area (Å²) in [5, 5.41) is 5.11. The van der Waals surface area contributed by atoms with E-state index >= 15 is 0 Å². The molecule has 1 saturated carbocycles. The highest BCUT2D eigenvalue weighted by Gasteiger charge is 2.47. The van der Waals surface area contributed by atoms with Crippen LogP contribution in [0.5, 0.6) is 0 Å². The number of benzene rings is 2. The summed E-state index contributed by atoms with van der Waals surface area (Å²) in [6.07, 6.45) is 1.83. The van der Waals surface area contributed by atoms with Crippen molar-refractivity contribution in [1.29, 1.82) is 0 Å². The Morgan fingerprint density at radius 1 is 0.880 bits per heavy atom. The molecule has 2 fully saturated rings. The third kappa shape index (κ3) is 3.16. The Hall–Kier alpha value is -1.22. The van der Waals surface area contributed by atoms with E-state index in [0.29, 0.717) is 10.0 Å². The first-order valence-corrected chi connectivity index (χ1v) is 9.66. The fraction of sp³-hybridized carbons (Fsp3) is 0.350. The average molecular weight is 395 g/mol. The molecule has 4 atom stereocenters. The molecule has 2 aliphatic rings. The number of carbonyl (C=O) groups is 1. The van der Waals surface area contributed by atoms with E-state index < -0.39 is 0 Å². The van der Waals surface area contributed by atoms with Gasteiger partial charge in [-0.25, -0.2) is 0 Å². The average Bonchev–Trinajstić information content (AvgIpc) is 2.97. The Balaban J connectivity index is 1.78. The minimum absolute atomic E-state index is 0.0861. The number of rotatable bonds is 2. The lowest BCUT2D eigenvalue weighted by Gasteiger charge is -2.40. The van der Waals surface area contributed by atoms with E-state index in [1.165, 1.54) is 5.56 Å². The normalized spacial score (nSPS) is 28.5. The molecule has 0 bridgehead atoms. The lowest BCUT2D eigenvalue weighted by molar-refractivity contribution is -0.123. The van der Waals surface area contributed by atoms with Gasteiger partial charge in [-0.15, -0.1) is 0 Å². The summed E-state index contributed by atoms with van der Waals surface area (Å²) in [7, 11) is 0. The molecule has 1 N–H and O–H groups in total. The molecule has 2 nitrogen and oxygen atoms in total. The van der Waals surface area contributed by atoms with Crippen molar-refractivity contribution in [2.24, 2.45) is 11.8 Å². The molecule has 1 aliphatic carbocycles. The third-order valence-corrected chi connectivity index (χ3v) is 6.48. The number of fused-ring (bicyclic) bond motifs is 1. The maximum Gasteiger partial charge on any atom is 0.223 e. The molecule has 4 rings (SSSR count). The number of hydrogen-bond acceptors (Lipinski definition) is 1. The Labute approximate surface area is 162 Å². The van der Waals surface area contributed by atoms with Crippen LogP contribution in [0.25, 0.3) is 0 Å². The van der Waals surface area contributed by atoms with Gasteiger partial charge in [-0.05, 0) is 66.0 Å². The summed E-state index contributed by atoms with van der Waals surface area (Å²) in [6, 6.07) is 13.7. The molecule has 130 valence electrons. The van der Waals surface area contributed by atoms with Crippen molar-refractivity contribution in [3.8, 4) is 0 Å². The topological polar surface area (TPSA) is 29.1 Å². The van der Waals surface area contributed by atoms with Crippen LogP contribution in [0.4, 0.5) is 0 Å². The highest BCUT2D eigenvalue weighted by molar-refractivity contribution is 6.35. The first-order valence-electron chi connectivity index (χ1n) is 8.52. The zero-order chi connectivity index (χ0) is 17.6. The largest absolute Gasteiger partial charge is 0.356 e. The van der Waals surface area contributed by atoms with Crippen LogP contribution in [0, 0.1) is 11.8 Å². The van der Waals surface area contributed by atoms with Crippen molar-refractivity contribution in [3.63, 3.8) is 0 Å². The molecule has 1 heterocycles. The predicted octanol–water partition coefficient (Wildman–Crippen LogP) is 5.67. The SMILES string of the molecule is O=C1NC[C@@H]2[C@H](c3ccc(Cl)cc3)[C@@H](c3ccc(Cl)cc3Cl)CC[C@H]12. The van der Waals surface area contributed by atoms with Crippen LogP contribution in [0.3, 0.4) is 0 Å². The molecule has 0 unspecified atom stereocenters. The molecule has 0 spiro atoms. The Morgan fingerprint density at radius 2 is 1.56 bits per heavy atom. The van der Waals surface area contributed by atoms with E-state index in [4.69, 9.17) is 34.8 Å². The molecule has 0 aromatic heterocycles. The van der Waals surface area contributed by atoms with Crippen LogP contribution >= 0.6 is 34.8 Å². The minimum atomic E-state index is 0.0861. The highest BCUT2D eigenvalue weighted by Crippen LogP contribution is 2.52. The van der Waals surface area contributed by atoms with E-state index in [2.05, 4.69) is 17.4 Å². The molecule has 2 aromatic carbocycles. The zero-order valence-corrected chi connectivity index (χ0v) is 15.8. The van der Waals surface area contributed by atoms with Gasteiger partial charge in [0.1, 0.15) is 0 Å². The monoisotopic (exact) mass is 393 g/mol. The van der Waals surface area contributed by atoms with Gasteiger partial charge >= 0.3 is 0 Å². The number of carbonyl (C=O) groups excluding carboxylic acids is 1. The molecule has 1 amide bonds. The maximum absolute atomic E-state index is 12.2. The van der Waals surface area contributed by atoms with Gasteiger partial charge in [-0.2, -0.15) is 0 Å². The van der Waals surface area contributed by atoms with Crippen molar-refractivity contribution >= 4 is 40.7 Å². The van der Waals surface area contributed by atoms with Gasteiger partial charge in [0.2, 0.25) is 5.91 Å². The lowest BCUT2D eigenvalue weighted by atomic mass is 9.63. The van der Waals surface area contributed by atoms with E-state index in [1.54, 1.807) is 0 Å². The van der Waals surface area contributed by atoms with Crippen LogP contribution in [0.2, 0.25) is 15.1 Å². The summed E-state index contributed by atoms with van der Waals surface area (Å²) in [5.74, 6) is 1.04. The van der Waals surface area contributed by atoms with E-state index in [0.717, 1.165) is 30.0 Å². The van der Waals surface area contributed by atoms with Crippen LogP contribution in [0.15, 0.2) is 42.5 Å². The van der Waals surface area contributed by atoms with Crippen molar-refractivity contribution in [2.75, 3.05) is 6.54 Å². The second kappa shape index (κ2) is 6.83. The molecule has 25 heavy (non-hydrogen) atoms. The second-order valence-corrected chi connectivity index (χ2v) is 8.22. The van der Waals surface area contributed by atoms with E-state index in [-0.39, 0.29) is 29.6 Å². The molecule has 5 heteroatoms. The highest BCUT2D eigenvalue weighted by atomic mass is 35.5. The van der Waals surface area contributed by atoms with Crippen LogP contribution in [-0.4, -0.2) is 12.5 Å². The molecule has 1 aliphatic heterocycles. The maximum atomic E-state index is 12.2. The molecule has 2 aromatic rings. The quantitative estimate of drug-likeness (QED) is 0.698. The van der Waals surface area contributed by atoms with Gasteiger partial charge in [0.25, 0.3) is 0 Å². The standard InChI is InChI=1S/C20H18Cl3NO/c21-12-3-1-11(2-4-12)19-15(14-6-5-13(22)9-18(14)23)7-8-16-17(19)10-24-20(16)25/h1-6,9,15-17,19H,7-8,10H2,(H,24,25)/t15-,16+,17+,19-/m1/s1. The summed E-state index contributed by atoms with van der Waals surface area (Å²) in [4.78, 5) is 12.2. The van der Waals surface area contributed by atoms with Crippen molar-refractivity contribution in [2.45, 2.75) is 24.7 Å². The molecular weight excluding hydrogens is 377 g/mol. The second-order valence-electron chi connectivity index (χ2n) is 6.94. The van der Waals surface area contributed by atoms with Gasteiger partial charge in [0.05, 0.1) is 0 Å². The Morgan fingerprint density at radius 3 is 2.28 bits per heavy atom. The number of amides is 1. The van der Waals surface area contributed by atoms with Crippen molar-refractivity contribution < 1.29 is 4.79 Å². The van der Waals surface area contributed by atoms with Crippen molar-refractivity contribution in [1.82, 2.24) is 5.32 Å². The summed E-state index contributed by atoms with van der Waals surface area (Å²) in [6.45, 7) is 0.721. The van der Waals surface area contributed by atoms with Gasteiger partial charge in [-0.3, -0.25) is 4.79 Å². The van der Waals surface area contributed by atoms with Gasteiger partial charge in [0.15, 0.2) is 0 Å². The molecule has 1 saturated heterocycles. The number of nitrogens with one attached hydrogen (secondary N) is 1. The van der Waals surface area contributed by atoms with Gasteiger partial charge in [0, 0.05) is 27.5 Å². The fourth-order valence-electron chi connectivity index (χ4n) is 4.56. The first kappa shape index (κ1) is 17.2. The Bertz CT molecular complexity index is 805. The van der Waals surface area contributed by atoms with Crippen LogP contribution < -0.4 is 5.32 Å². The lowest BCUT2D eigenvalue weighted by Crippen LogP contribution is -2.32. The minimum Gasteiger partial charge on any atom is -0.356 e. The van der Waals surface area contributed by atoms with E-state index in [9.17, 15) is 4.79 Å². The molecule has 0 radical (unpaired) electrons. The first-order chi connectivity index (χ1) is 12.0.